The number of carbonyl (C=O) groups is 1. The molecule has 2 aliphatic rings. The number of aliphatic hydroxyl groups is 2. The summed E-state index contributed by atoms with van der Waals surface area (Å²) in [6.07, 6.45) is 4.83. The number of nitrogens with one attached hydrogen (secondary N) is 2. The van der Waals surface area contributed by atoms with Gasteiger partial charge in [0.05, 0.1) is 57.7 Å². The van der Waals surface area contributed by atoms with Gasteiger partial charge in [0.1, 0.15) is 12.2 Å². The molecule has 10 heteroatoms. The Labute approximate surface area is 208 Å². The lowest BCUT2D eigenvalue weighted by atomic mass is 9.92. The highest BCUT2D eigenvalue weighted by molar-refractivity contribution is 6.00. The van der Waals surface area contributed by atoms with Gasteiger partial charge in [-0.15, -0.1) is 0 Å². The van der Waals surface area contributed by atoms with Crippen molar-refractivity contribution in [1.29, 1.82) is 5.26 Å². The van der Waals surface area contributed by atoms with E-state index in [9.17, 15) is 19.4 Å². The Balaban J connectivity index is 1.50. The van der Waals surface area contributed by atoms with E-state index in [-0.39, 0.29) is 17.6 Å². The number of hydrogen-bond acceptors (Lipinski definition) is 7. The van der Waals surface area contributed by atoms with E-state index in [1.54, 1.807) is 16.6 Å². The summed E-state index contributed by atoms with van der Waals surface area (Å²) in [5, 5.41) is 40.2. The first-order valence-electron chi connectivity index (χ1n) is 12.0. The summed E-state index contributed by atoms with van der Waals surface area (Å²) >= 11 is 0. The summed E-state index contributed by atoms with van der Waals surface area (Å²) in [4.78, 5) is 17.6. The number of rotatable bonds is 7. The van der Waals surface area contributed by atoms with E-state index >= 15 is 0 Å². The van der Waals surface area contributed by atoms with Gasteiger partial charge in [-0.05, 0) is 70.2 Å². The van der Waals surface area contributed by atoms with Crippen molar-refractivity contribution in [3.05, 3.63) is 47.8 Å². The number of fused-ring (bicyclic) bond motifs is 3. The molecule has 0 saturated heterocycles. The van der Waals surface area contributed by atoms with Crippen molar-refractivity contribution in [2.45, 2.75) is 68.9 Å². The molecule has 2 saturated carbocycles. The molecule has 0 aliphatic heterocycles. The number of nitrogens with zero attached hydrogens (tertiary/aromatic N) is 4. The third kappa shape index (κ3) is 4.40. The highest BCUT2D eigenvalue weighted by Crippen LogP contribution is 2.52. The molecule has 1 amide bonds. The van der Waals surface area contributed by atoms with E-state index in [1.165, 1.54) is 26.2 Å². The highest BCUT2D eigenvalue weighted by atomic mass is 19.1. The minimum absolute atomic E-state index is 0.249. The minimum Gasteiger partial charge on any atom is -0.390 e. The predicted octanol–water partition coefficient (Wildman–Crippen LogP) is 2.97. The van der Waals surface area contributed by atoms with E-state index in [2.05, 4.69) is 26.8 Å². The molecule has 3 heterocycles. The molecule has 5 rings (SSSR count). The Hall–Kier alpha value is -3.55. The normalized spacial score (nSPS) is 24.0. The van der Waals surface area contributed by atoms with Gasteiger partial charge in [-0.1, -0.05) is 0 Å². The SMILES string of the molecule is CC(C)(O)[C@H](F)CNC(=O)c1cnc(-c2ccc3cc(C#N)cnn23)cc1NC12CCC(O)(CC1)C2. The molecule has 9 nitrogen and oxygen atoms in total. The fourth-order valence-electron chi connectivity index (χ4n) is 5.29. The van der Waals surface area contributed by atoms with Gasteiger partial charge in [-0.25, -0.2) is 8.91 Å². The van der Waals surface area contributed by atoms with Crippen molar-refractivity contribution in [3.8, 4) is 17.5 Å². The van der Waals surface area contributed by atoms with Crippen molar-refractivity contribution in [2.24, 2.45) is 0 Å². The number of nitriles is 1. The summed E-state index contributed by atoms with van der Waals surface area (Å²) < 4.78 is 15.9. The second-order valence-corrected chi connectivity index (χ2v) is 10.7. The first-order chi connectivity index (χ1) is 17.0. The number of carbonyl (C=O) groups excluding carboxylic acids is 1. The number of pyridine rings is 1. The molecule has 3 aromatic heterocycles. The van der Waals surface area contributed by atoms with E-state index in [0.717, 1.165) is 18.4 Å². The van der Waals surface area contributed by atoms with E-state index < -0.39 is 23.3 Å². The molecule has 4 N–H and O–H groups in total. The van der Waals surface area contributed by atoms with Gasteiger partial charge in [0.2, 0.25) is 0 Å². The first kappa shape index (κ1) is 24.2. The second kappa shape index (κ2) is 8.54. The van der Waals surface area contributed by atoms with Crippen LogP contribution >= 0.6 is 0 Å². The van der Waals surface area contributed by atoms with Crippen LogP contribution in [0.5, 0.6) is 0 Å². The van der Waals surface area contributed by atoms with Crippen LogP contribution in [0.15, 0.2) is 36.7 Å². The summed E-state index contributed by atoms with van der Waals surface area (Å²) in [5.74, 6) is -0.511. The van der Waals surface area contributed by atoms with Gasteiger partial charge in [-0.2, -0.15) is 10.4 Å². The third-order valence-corrected chi connectivity index (χ3v) is 7.45. The molecule has 2 aliphatic carbocycles. The Morgan fingerprint density at radius 2 is 2.03 bits per heavy atom. The lowest BCUT2D eigenvalue weighted by molar-refractivity contribution is -0.00178. The molecule has 2 bridgehead atoms. The van der Waals surface area contributed by atoms with Crippen LogP contribution in [-0.4, -0.2) is 60.2 Å². The minimum atomic E-state index is -1.64. The summed E-state index contributed by atoms with van der Waals surface area (Å²) in [6, 6.07) is 9.25. The van der Waals surface area contributed by atoms with Gasteiger partial charge in [0.25, 0.3) is 5.91 Å². The molecule has 0 radical (unpaired) electrons. The Bertz CT molecular complexity index is 1360. The lowest BCUT2D eigenvalue weighted by Crippen LogP contribution is -2.42. The highest BCUT2D eigenvalue weighted by Gasteiger charge is 2.53. The Morgan fingerprint density at radius 1 is 1.28 bits per heavy atom. The average molecular weight is 493 g/mol. The first-order valence-corrected chi connectivity index (χ1v) is 12.0. The van der Waals surface area contributed by atoms with Gasteiger partial charge in [0, 0.05) is 11.7 Å². The Kier molecular flexibility index (Phi) is 5.73. The van der Waals surface area contributed by atoms with Crippen LogP contribution in [0.2, 0.25) is 0 Å². The molecular formula is C26H29FN6O3. The molecule has 0 aromatic carbocycles. The van der Waals surface area contributed by atoms with Crippen LogP contribution in [0.1, 0.15) is 61.9 Å². The van der Waals surface area contributed by atoms with Crippen LogP contribution < -0.4 is 10.6 Å². The van der Waals surface area contributed by atoms with Crippen molar-refractivity contribution < 1.29 is 19.4 Å². The number of halogens is 1. The largest absolute Gasteiger partial charge is 0.390 e. The number of amides is 1. The molecule has 1 atom stereocenters. The molecule has 0 unspecified atom stereocenters. The fraction of sp³-hybridized carbons (Fsp3) is 0.462. The molecule has 0 spiro atoms. The van der Waals surface area contributed by atoms with Crippen LogP contribution in [0.4, 0.5) is 10.1 Å². The zero-order chi connectivity index (χ0) is 25.7. The summed E-state index contributed by atoms with van der Waals surface area (Å²) in [5.41, 5.74) is 0.612. The number of anilines is 1. The van der Waals surface area contributed by atoms with Crippen LogP contribution in [0.25, 0.3) is 16.9 Å². The fourth-order valence-corrected chi connectivity index (χ4v) is 5.29. The molecule has 188 valence electrons. The maximum atomic E-state index is 14.3. The summed E-state index contributed by atoms with van der Waals surface area (Å²) in [6.45, 7) is 2.36. The van der Waals surface area contributed by atoms with Gasteiger partial charge in [-0.3, -0.25) is 9.78 Å². The standard InChI is InChI=1S/C26H29FN6O3/c1-24(2,35)22(27)14-30-23(34)18-13-29-20(21-4-3-17-9-16(11-28)12-31-33(17)21)10-19(18)32-25-5-7-26(36,15-25)8-6-25/h3-4,9-10,12-13,22,35-36H,5-8,14-15H2,1-2H3,(H,29,32)(H,30,34)/t22-,25?,26?/m1/s1. The third-order valence-electron chi connectivity index (χ3n) is 7.45. The van der Waals surface area contributed by atoms with Crippen molar-refractivity contribution in [3.63, 3.8) is 0 Å². The van der Waals surface area contributed by atoms with Crippen LogP contribution in [0, 0.1) is 11.3 Å². The molecule has 3 aromatic rings. The van der Waals surface area contributed by atoms with Crippen molar-refractivity contribution in [2.75, 3.05) is 11.9 Å². The van der Waals surface area contributed by atoms with Gasteiger partial charge in [0.15, 0.2) is 0 Å². The topological polar surface area (TPSA) is 136 Å². The van der Waals surface area contributed by atoms with Crippen LogP contribution in [0.3, 0.4) is 0 Å². The predicted molar refractivity (Wildman–Crippen MR) is 131 cm³/mol. The number of aromatic nitrogens is 3. The smallest absolute Gasteiger partial charge is 0.255 e. The zero-order valence-electron chi connectivity index (χ0n) is 20.3. The van der Waals surface area contributed by atoms with Gasteiger partial charge >= 0.3 is 0 Å². The van der Waals surface area contributed by atoms with E-state index in [4.69, 9.17) is 5.26 Å². The van der Waals surface area contributed by atoms with Crippen LogP contribution in [-0.2, 0) is 0 Å². The molecule has 36 heavy (non-hydrogen) atoms. The van der Waals surface area contributed by atoms with E-state index in [0.29, 0.717) is 41.9 Å². The molecular weight excluding hydrogens is 463 g/mol. The number of hydrogen-bond donors (Lipinski definition) is 4. The average Bonchev–Trinajstić information content (AvgIpc) is 3.51. The quantitative estimate of drug-likeness (QED) is 0.398. The van der Waals surface area contributed by atoms with E-state index in [1.807, 2.05) is 12.1 Å². The Morgan fingerprint density at radius 3 is 2.67 bits per heavy atom. The lowest BCUT2D eigenvalue weighted by Gasteiger charge is -2.30. The monoisotopic (exact) mass is 492 g/mol. The summed E-state index contributed by atoms with van der Waals surface area (Å²) in [7, 11) is 0. The second-order valence-electron chi connectivity index (χ2n) is 10.7. The maximum absolute atomic E-state index is 14.3. The number of alkyl halides is 1. The maximum Gasteiger partial charge on any atom is 0.255 e. The molecule has 2 fully saturated rings. The zero-order valence-corrected chi connectivity index (χ0v) is 20.3. The van der Waals surface area contributed by atoms with Crippen molar-refractivity contribution >= 4 is 17.1 Å². The van der Waals surface area contributed by atoms with Gasteiger partial charge < -0.3 is 20.8 Å². The van der Waals surface area contributed by atoms with Crippen molar-refractivity contribution in [1.82, 2.24) is 19.9 Å².